The van der Waals surface area contributed by atoms with E-state index >= 15 is 0 Å². The molecule has 0 radical (unpaired) electrons. The van der Waals surface area contributed by atoms with Crippen LogP contribution < -0.4 is 5.73 Å². The molecule has 0 bridgehead atoms. The third-order valence-electron chi connectivity index (χ3n) is 4.90. The van der Waals surface area contributed by atoms with Gasteiger partial charge in [-0.05, 0) is 62.8 Å². The minimum atomic E-state index is -0.448. The number of likely N-dealkylation sites (tertiary alicyclic amines) is 1. The average molecular weight is 420 g/mol. The average Bonchev–Trinajstić information content (AvgIpc) is 3.03. The second kappa shape index (κ2) is 7.34. The largest absolute Gasteiger partial charge is 0.341 e. The van der Waals surface area contributed by atoms with E-state index < -0.39 is 4.75 Å². The summed E-state index contributed by atoms with van der Waals surface area (Å²) in [6.07, 6.45) is 2.30. The molecule has 1 saturated carbocycles. The molecule has 3 atom stereocenters. The van der Waals surface area contributed by atoms with E-state index in [1.807, 2.05) is 30.9 Å². The molecule has 0 aromatic heterocycles. The fraction of sp³-hybridized carbons (Fsp3) is 0.588. The van der Waals surface area contributed by atoms with Gasteiger partial charge in [-0.1, -0.05) is 15.9 Å². The number of thioether (sulfide) groups is 1. The Morgan fingerprint density at radius 2 is 1.91 bits per heavy atom. The lowest BCUT2D eigenvalue weighted by molar-refractivity contribution is -0.132. The predicted octanol–water partition coefficient (Wildman–Crippen LogP) is 3.94. The van der Waals surface area contributed by atoms with Gasteiger partial charge in [-0.15, -0.1) is 24.2 Å². The van der Waals surface area contributed by atoms with Gasteiger partial charge in [-0.25, -0.2) is 0 Å². The Morgan fingerprint density at radius 1 is 1.26 bits per heavy atom. The summed E-state index contributed by atoms with van der Waals surface area (Å²) in [5, 5.41) is 0. The van der Waals surface area contributed by atoms with Crippen molar-refractivity contribution in [2.45, 2.75) is 42.4 Å². The maximum atomic E-state index is 12.9. The monoisotopic (exact) mass is 418 g/mol. The summed E-state index contributed by atoms with van der Waals surface area (Å²) >= 11 is 5.08. The summed E-state index contributed by atoms with van der Waals surface area (Å²) in [6.45, 7) is 5.78. The number of carbonyl (C=O) groups excluding carboxylic acids is 1. The second-order valence-electron chi connectivity index (χ2n) is 6.94. The maximum Gasteiger partial charge on any atom is 0.238 e. The number of fused-ring (bicyclic) bond motifs is 1. The van der Waals surface area contributed by atoms with E-state index in [4.69, 9.17) is 5.73 Å². The number of halogens is 2. The number of nitrogens with zero attached hydrogens (tertiary/aromatic N) is 1. The molecule has 2 N–H and O–H groups in total. The van der Waals surface area contributed by atoms with Crippen LogP contribution in [0.1, 0.15) is 26.7 Å². The lowest BCUT2D eigenvalue weighted by Crippen LogP contribution is -2.43. The van der Waals surface area contributed by atoms with Crippen LogP contribution in [-0.4, -0.2) is 34.7 Å². The summed E-state index contributed by atoms with van der Waals surface area (Å²) < 4.78 is 0.610. The van der Waals surface area contributed by atoms with Crippen molar-refractivity contribution >= 4 is 46.0 Å². The van der Waals surface area contributed by atoms with E-state index in [2.05, 4.69) is 28.1 Å². The fourth-order valence-electron chi connectivity index (χ4n) is 3.70. The summed E-state index contributed by atoms with van der Waals surface area (Å²) in [6, 6.07) is 8.42. The van der Waals surface area contributed by atoms with E-state index in [1.165, 1.54) is 6.42 Å². The standard InChI is InChI=1S/C17H23BrN2OS.ClH/c1-17(2,22-13-6-4-12(18)5-7-13)16(21)20-9-11-3-8-15(19)14(11)10-20;/h4-7,11,14-15H,3,8-10,19H2,1-2H3;1H. The van der Waals surface area contributed by atoms with Crippen molar-refractivity contribution in [3.63, 3.8) is 0 Å². The molecular formula is C17H24BrClN2OS. The zero-order chi connectivity index (χ0) is 15.9. The second-order valence-corrected chi connectivity index (χ2v) is 9.55. The van der Waals surface area contributed by atoms with E-state index in [9.17, 15) is 4.79 Å². The molecule has 3 unspecified atom stereocenters. The number of nitrogens with two attached hydrogens (primary N) is 1. The zero-order valence-electron chi connectivity index (χ0n) is 13.5. The van der Waals surface area contributed by atoms with Gasteiger partial charge in [-0.2, -0.15) is 0 Å². The Bertz CT molecular complexity index is 566. The molecule has 1 amide bonds. The topological polar surface area (TPSA) is 46.3 Å². The van der Waals surface area contributed by atoms with Gasteiger partial charge in [0, 0.05) is 28.5 Å². The van der Waals surface area contributed by atoms with Crippen LogP contribution >= 0.6 is 40.1 Å². The zero-order valence-corrected chi connectivity index (χ0v) is 16.7. The van der Waals surface area contributed by atoms with Gasteiger partial charge in [0.25, 0.3) is 0 Å². The molecule has 3 nitrogen and oxygen atoms in total. The number of benzene rings is 1. The van der Waals surface area contributed by atoms with Crippen LogP contribution in [0.15, 0.2) is 33.6 Å². The smallest absolute Gasteiger partial charge is 0.238 e. The maximum absolute atomic E-state index is 12.9. The molecule has 23 heavy (non-hydrogen) atoms. The first-order valence-corrected chi connectivity index (χ1v) is 9.47. The van der Waals surface area contributed by atoms with Gasteiger partial charge in [0.1, 0.15) is 0 Å². The van der Waals surface area contributed by atoms with Crippen molar-refractivity contribution in [2.24, 2.45) is 17.6 Å². The lowest BCUT2D eigenvalue weighted by Gasteiger charge is -2.29. The molecular weight excluding hydrogens is 396 g/mol. The molecule has 1 heterocycles. The molecule has 1 aliphatic heterocycles. The minimum absolute atomic E-state index is 0. The molecule has 2 aliphatic rings. The highest BCUT2D eigenvalue weighted by Gasteiger charge is 2.45. The molecule has 2 fully saturated rings. The van der Waals surface area contributed by atoms with Crippen LogP contribution in [0.4, 0.5) is 0 Å². The number of rotatable bonds is 3. The van der Waals surface area contributed by atoms with E-state index in [1.54, 1.807) is 11.8 Å². The highest BCUT2D eigenvalue weighted by molar-refractivity contribution is 9.10. The molecule has 1 saturated heterocycles. The molecule has 1 aromatic rings. The highest BCUT2D eigenvalue weighted by atomic mass is 79.9. The van der Waals surface area contributed by atoms with Gasteiger partial charge >= 0.3 is 0 Å². The lowest BCUT2D eigenvalue weighted by atomic mass is 9.98. The van der Waals surface area contributed by atoms with Crippen molar-refractivity contribution < 1.29 is 4.79 Å². The number of carbonyl (C=O) groups is 1. The minimum Gasteiger partial charge on any atom is -0.341 e. The van der Waals surface area contributed by atoms with Gasteiger partial charge in [0.2, 0.25) is 5.91 Å². The third-order valence-corrected chi connectivity index (χ3v) is 6.62. The van der Waals surface area contributed by atoms with Crippen molar-refractivity contribution in [3.05, 3.63) is 28.7 Å². The summed E-state index contributed by atoms with van der Waals surface area (Å²) in [5.41, 5.74) is 6.18. The van der Waals surface area contributed by atoms with Crippen molar-refractivity contribution in [1.82, 2.24) is 4.90 Å². The van der Waals surface area contributed by atoms with Crippen molar-refractivity contribution in [1.29, 1.82) is 0 Å². The predicted molar refractivity (Wildman–Crippen MR) is 102 cm³/mol. The Balaban J connectivity index is 0.00000192. The van der Waals surface area contributed by atoms with E-state index in [0.717, 1.165) is 28.9 Å². The Kier molecular flexibility index (Phi) is 6.10. The summed E-state index contributed by atoms with van der Waals surface area (Å²) in [4.78, 5) is 16.1. The van der Waals surface area contributed by atoms with Gasteiger partial charge in [0.15, 0.2) is 0 Å². The molecule has 128 valence electrons. The SMILES string of the molecule is CC(C)(Sc1ccc(Br)cc1)C(=O)N1CC2CCC(N)C2C1.Cl. The molecule has 0 spiro atoms. The molecule has 3 rings (SSSR count). The quantitative estimate of drug-likeness (QED) is 0.755. The van der Waals surface area contributed by atoms with Crippen molar-refractivity contribution in [2.75, 3.05) is 13.1 Å². The fourth-order valence-corrected chi connectivity index (χ4v) is 5.04. The van der Waals surface area contributed by atoms with Crippen LogP contribution in [0.5, 0.6) is 0 Å². The van der Waals surface area contributed by atoms with Gasteiger partial charge in [0.05, 0.1) is 4.75 Å². The first-order chi connectivity index (χ1) is 10.4. The Hall–Kier alpha value is -0.230. The highest BCUT2D eigenvalue weighted by Crippen LogP contribution is 2.40. The van der Waals surface area contributed by atoms with Crippen LogP contribution in [0.2, 0.25) is 0 Å². The summed E-state index contributed by atoms with van der Waals surface area (Å²) in [7, 11) is 0. The summed E-state index contributed by atoms with van der Waals surface area (Å²) in [5.74, 6) is 1.37. The van der Waals surface area contributed by atoms with Crippen LogP contribution in [0, 0.1) is 11.8 Å². The van der Waals surface area contributed by atoms with Crippen molar-refractivity contribution in [3.8, 4) is 0 Å². The first kappa shape index (κ1) is 19.1. The molecule has 1 aliphatic carbocycles. The van der Waals surface area contributed by atoms with Crippen LogP contribution in [0.25, 0.3) is 0 Å². The third kappa shape index (κ3) is 4.06. The first-order valence-electron chi connectivity index (χ1n) is 7.86. The van der Waals surface area contributed by atoms with Crippen LogP contribution in [-0.2, 0) is 4.79 Å². The Morgan fingerprint density at radius 3 is 2.52 bits per heavy atom. The van der Waals surface area contributed by atoms with E-state index in [0.29, 0.717) is 11.8 Å². The number of hydrogen-bond donors (Lipinski definition) is 1. The van der Waals surface area contributed by atoms with Crippen LogP contribution in [0.3, 0.4) is 0 Å². The van der Waals surface area contributed by atoms with E-state index in [-0.39, 0.29) is 24.4 Å². The van der Waals surface area contributed by atoms with Gasteiger partial charge < -0.3 is 10.6 Å². The number of amides is 1. The molecule has 6 heteroatoms. The normalized spacial score (nSPS) is 26.8. The molecule has 1 aromatic carbocycles. The Labute approximate surface area is 157 Å². The van der Waals surface area contributed by atoms with Gasteiger partial charge in [-0.3, -0.25) is 4.79 Å². The number of hydrogen-bond acceptors (Lipinski definition) is 3.